The van der Waals surface area contributed by atoms with Gasteiger partial charge in [-0.1, -0.05) is 182 Å². The molecule has 0 bridgehead atoms. The zero-order valence-corrected chi connectivity index (χ0v) is 48.4. The van der Waals surface area contributed by atoms with Crippen LogP contribution in [-0.2, 0) is 0 Å². The van der Waals surface area contributed by atoms with Crippen LogP contribution < -0.4 is 0 Å². The van der Waals surface area contributed by atoms with E-state index in [0.717, 1.165) is 150 Å². The van der Waals surface area contributed by atoms with Gasteiger partial charge in [0, 0.05) is 96.4 Å². The summed E-state index contributed by atoms with van der Waals surface area (Å²) in [5.41, 5.74) is 23.7. The molecule has 0 fully saturated rings. The zero-order chi connectivity index (χ0) is 60.1. The van der Waals surface area contributed by atoms with Crippen LogP contribution >= 0.6 is 0 Å². The van der Waals surface area contributed by atoms with E-state index in [-0.39, 0.29) is 0 Å². The van der Waals surface area contributed by atoms with Gasteiger partial charge in [-0.15, -0.1) is 0 Å². The van der Waals surface area contributed by atoms with Gasteiger partial charge in [0.1, 0.15) is 0 Å². The van der Waals surface area contributed by atoms with Gasteiger partial charge < -0.3 is 9.13 Å². The Kier molecular flexibility index (Phi) is 13.1. The number of aromatic nitrogens is 6. The highest BCUT2D eigenvalue weighted by molar-refractivity contribution is 6.14. The third-order valence-corrected chi connectivity index (χ3v) is 17.2. The summed E-state index contributed by atoms with van der Waals surface area (Å²) in [7, 11) is 0. The number of benzene rings is 10. The van der Waals surface area contributed by atoms with Crippen molar-refractivity contribution in [2.75, 3.05) is 0 Å². The molecule has 6 heterocycles. The van der Waals surface area contributed by atoms with Crippen LogP contribution in [0, 0.1) is 22.7 Å². The van der Waals surface area contributed by atoms with E-state index >= 15 is 0 Å². The molecule has 0 atom stereocenters. The van der Waals surface area contributed by atoms with E-state index in [1.54, 1.807) is 6.07 Å². The van der Waals surface area contributed by atoms with Gasteiger partial charge in [0.2, 0.25) is 0 Å². The highest BCUT2D eigenvalue weighted by atomic mass is 15.1. The number of fused-ring (bicyclic) bond motifs is 6. The lowest BCUT2D eigenvalue weighted by atomic mass is 9.96. The molecule has 8 nitrogen and oxygen atoms in total. The largest absolute Gasteiger partial charge is 0.307 e. The van der Waals surface area contributed by atoms with E-state index in [0.29, 0.717) is 16.7 Å². The van der Waals surface area contributed by atoms with Crippen molar-refractivity contribution in [1.82, 2.24) is 29.1 Å². The summed E-state index contributed by atoms with van der Waals surface area (Å²) < 4.78 is 4.66. The molecule has 0 N–H and O–H groups in total. The van der Waals surface area contributed by atoms with E-state index in [4.69, 9.17) is 19.9 Å². The molecule has 16 aromatic rings. The maximum Gasteiger partial charge on any atom is 0.0998 e. The third kappa shape index (κ3) is 9.51. The highest BCUT2D eigenvalue weighted by Gasteiger charge is 2.25. The first-order valence-corrected chi connectivity index (χ1v) is 29.8. The number of hydrogen-bond acceptors (Lipinski definition) is 6. The SMILES string of the molecule is N#Cc1cccc(-c2cc(-n3c4ccc(-c5ccc(-c6ccccc6)nc5)cc4c4cc(-c5ccc(-c6ccccc6)nc5)ccc43)c(-n3c4ccc(-c5ccc(-c6ccccc6)nc5)cc4c4cc(-c5ccc(-c6ccccc6)nc5)ccc43)cc2C#N)c1. The lowest BCUT2D eigenvalue weighted by molar-refractivity contribution is 1.09. The molecule has 0 aliphatic carbocycles. The Balaban J connectivity index is 0.939. The molecule has 0 saturated carbocycles. The van der Waals surface area contributed by atoms with Crippen molar-refractivity contribution in [2.45, 2.75) is 0 Å². The Hall–Kier alpha value is -12.6. The monoisotopic (exact) mass is 1150 g/mol. The molecule has 16 rings (SSSR count). The molecule has 0 spiro atoms. The van der Waals surface area contributed by atoms with Crippen LogP contribution in [0.3, 0.4) is 0 Å². The Morgan fingerprint density at radius 3 is 0.856 bits per heavy atom. The topological polar surface area (TPSA) is 109 Å². The van der Waals surface area contributed by atoms with Gasteiger partial charge in [0.15, 0.2) is 0 Å². The quantitative estimate of drug-likeness (QED) is 0.128. The first kappa shape index (κ1) is 52.9. The number of nitriles is 2. The standard InChI is InChI=1S/C82H50N8/c83-47-53-14-13-23-62(40-53)68-46-82(90-79-38-30-60(65-26-34-75(87-51-65)56-19-9-3-10-20-56)43-71(79)72-44-61(31-39-80(72)90)66-27-35-76(88-52-66)57-21-11-4-12-22-57)81(45-67(68)48-84)89-77-36-28-58(63-24-32-73(85-49-63)54-15-5-1-6-16-54)41-69(77)70-42-59(29-37-78(70)89)64-25-33-74(86-50-64)55-17-7-2-8-18-55/h1-46,49-52H. The minimum Gasteiger partial charge on any atom is -0.307 e. The van der Waals surface area contributed by atoms with Crippen molar-refractivity contribution < 1.29 is 0 Å². The first-order chi connectivity index (χ1) is 44.5. The molecule has 0 amide bonds. The van der Waals surface area contributed by atoms with Crippen LogP contribution in [0.25, 0.3) is 156 Å². The minimum atomic E-state index is 0.462. The number of hydrogen-bond donors (Lipinski definition) is 0. The third-order valence-electron chi connectivity index (χ3n) is 17.2. The fraction of sp³-hybridized carbons (Fsp3) is 0. The van der Waals surface area contributed by atoms with Gasteiger partial charge in [-0.3, -0.25) is 19.9 Å². The summed E-state index contributed by atoms with van der Waals surface area (Å²) in [6.45, 7) is 0. The first-order valence-electron chi connectivity index (χ1n) is 29.8. The molecule has 0 radical (unpaired) electrons. The summed E-state index contributed by atoms with van der Waals surface area (Å²) >= 11 is 0. The molecule has 10 aromatic carbocycles. The summed E-state index contributed by atoms with van der Waals surface area (Å²) in [5, 5.41) is 25.8. The number of nitrogens with zero attached hydrogens (tertiary/aromatic N) is 8. The van der Waals surface area contributed by atoms with Crippen LogP contribution in [-0.4, -0.2) is 29.1 Å². The second kappa shape index (κ2) is 22.3. The van der Waals surface area contributed by atoms with E-state index in [1.165, 1.54) is 0 Å². The zero-order valence-electron chi connectivity index (χ0n) is 48.4. The van der Waals surface area contributed by atoms with Gasteiger partial charge in [0.25, 0.3) is 0 Å². The van der Waals surface area contributed by atoms with E-state index in [1.807, 2.05) is 122 Å². The highest BCUT2D eigenvalue weighted by Crippen LogP contribution is 2.45. The Morgan fingerprint density at radius 2 is 0.556 bits per heavy atom. The second-order valence-electron chi connectivity index (χ2n) is 22.5. The molecule has 0 aliphatic heterocycles. The fourth-order valence-corrected chi connectivity index (χ4v) is 12.7. The average molecular weight is 1150 g/mol. The lowest BCUT2D eigenvalue weighted by Crippen LogP contribution is -2.05. The van der Waals surface area contributed by atoms with Gasteiger partial charge in [-0.05, 0) is 125 Å². The molecule has 0 saturated heterocycles. The molecule has 418 valence electrons. The average Bonchev–Trinajstić information content (AvgIpc) is 1.59. The Labute approximate surface area is 519 Å². The van der Waals surface area contributed by atoms with Crippen molar-refractivity contribution in [3.63, 3.8) is 0 Å². The molecule has 90 heavy (non-hydrogen) atoms. The van der Waals surface area contributed by atoms with Crippen LogP contribution in [0.5, 0.6) is 0 Å². The van der Waals surface area contributed by atoms with Crippen LogP contribution in [0.1, 0.15) is 11.1 Å². The van der Waals surface area contributed by atoms with Crippen LogP contribution in [0.4, 0.5) is 0 Å². The molecule has 0 unspecified atom stereocenters. The predicted molar refractivity (Wildman–Crippen MR) is 365 cm³/mol. The minimum absolute atomic E-state index is 0.462. The fourth-order valence-electron chi connectivity index (χ4n) is 12.7. The van der Waals surface area contributed by atoms with Crippen LogP contribution in [0.15, 0.2) is 304 Å². The maximum atomic E-state index is 11.4. The molecular formula is C82H50N8. The molecule has 8 heteroatoms. The van der Waals surface area contributed by atoms with Gasteiger partial charge in [0.05, 0.1) is 79.5 Å². The van der Waals surface area contributed by atoms with Crippen molar-refractivity contribution in [1.29, 1.82) is 10.5 Å². The maximum absolute atomic E-state index is 11.4. The van der Waals surface area contributed by atoms with E-state index < -0.39 is 0 Å². The van der Waals surface area contributed by atoms with Crippen molar-refractivity contribution in [2.24, 2.45) is 0 Å². The number of rotatable bonds is 11. The number of pyridine rings is 4. The Morgan fingerprint density at radius 1 is 0.244 bits per heavy atom. The summed E-state index contributed by atoms with van der Waals surface area (Å²) in [6.07, 6.45) is 7.83. The van der Waals surface area contributed by atoms with E-state index in [9.17, 15) is 10.5 Å². The van der Waals surface area contributed by atoms with Crippen LogP contribution in [0.2, 0.25) is 0 Å². The van der Waals surface area contributed by atoms with E-state index in [2.05, 4.69) is 197 Å². The molecule has 6 aromatic heterocycles. The normalized spacial score (nSPS) is 11.3. The smallest absolute Gasteiger partial charge is 0.0998 e. The molecule has 0 aliphatic rings. The van der Waals surface area contributed by atoms with Gasteiger partial charge in [-0.25, -0.2) is 0 Å². The summed E-state index contributed by atoms with van der Waals surface area (Å²) in [5.74, 6) is 0. The summed E-state index contributed by atoms with van der Waals surface area (Å²) in [6, 6.07) is 101. The van der Waals surface area contributed by atoms with Crippen molar-refractivity contribution in [3.8, 4) is 124 Å². The predicted octanol–water partition coefficient (Wildman–Crippen LogP) is 20.2. The van der Waals surface area contributed by atoms with Gasteiger partial charge in [-0.2, -0.15) is 10.5 Å². The van der Waals surface area contributed by atoms with Crippen molar-refractivity contribution >= 4 is 43.6 Å². The lowest BCUT2D eigenvalue weighted by Gasteiger charge is -2.20. The molecular weight excluding hydrogens is 1100 g/mol. The Bertz CT molecular complexity index is 5210. The van der Waals surface area contributed by atoms with Crippen molar-refractivity contribution in [3.05, 3.63) is 315 Å². The van der Waals surface area contributed by atoms with Gasteiger partial charge >= 0.3 is 0 Å². The second-order valence-corrected chi connectivity index (χ2v) is 22.5. The summed E-state index contributed by atoms with van der Waals surface area (Å²) in [4.78, 5) is 19.9.